The van der Waals surface area contributed by atoms with E-state index >= 15 is 0 Å². The highest BCUT2D eigenvalue weighted by molar-refractivity contribution is 5.82. The second-order valence-electron chi connectivity index (χ2n) is 8.64. The number of anilines is 1. The van der Waals surface area contributed by atoms with Crippen molar-refractivity contribution in [2.24, 2.45) is 5.73 Å². The minimum atomic E-state index is -0.658. The largest absolute Gasteiger partial charge is 0.508 e. The number of carbonyl (C=O) groups excluding carboxylic acids is 1. The molecule has 6 nitrogen and oxygen atoms in total. The fraction of sp³-hybridized carbons (Fsp3) is 0.296. The molecule has 0 fully saturated rings. The molecule has 0 aliphatic carbocycles. The normalized spacial score (nSPS) is 15.8. The van der Waals surface area contributed by atoms with Crippen molar-refractivity contribution in [1.29, 1.82) is 0 Å². The zero-order valence-corrected chi connectivity index (χ0v) is 19.1. The van der Waals surface area contributed by atoms with Crippen molar-refractivity contribution >= 4 is 11.6 Å². The summed E-state index contributed by atoms with van der Waals surface area (Å²) < 4.78 is 5.24. The predicted molar refractivity (Wildman–Crippen MR) is 131 cm³/mol. The van der Waals surface area contributed by atoms with E-state index in [0.29, 0.717) is 6.42 Å². The van der Waals surface area contributed by atoms with Crippen molar-refractivity contribution in [2.45, 2.75) is 38.3 Å². The molecule has 3 aromatic carbocycles. The first kappa shape index (κ1) is 22.7. The molecular formula is C27H31N3O3. The lowest BCUT2D eigenvalue weighted by Crippen LogP contribution is -2.44. The molecule has 1 aliphatic heterocycles. The van der Waals surface area contributed by atoms with Crippen LogP contribution in [-0.2, 0) is 17.6 Å². The first-order valence-electron chi connectivity index (χ1n) is 11.3. The van der Waals surface area contributed by atoms with Crippen LogP contribution in [-0.4, -0.2) is 30.7 Å². The number of amides is 1. The van der Waals surface area contributed by atoms with Crippen LogP contribution in [0.4, 0.5) is 5.69 Å². The zero-order valence-electron chi connectivity index (χ0n) is 19.1. The van der Waals surface area contributed by atoms with Crippen LogP contribution < -0.4 is 21.1 Å². The van der Waals surface area contributed by atoms with Gasteiger partial charge < -0.3 is 26.2 Å². The molecule has 0 radical (unpaired) electrons. The second-order valence-corrected chi connectivity index (χ2v) is 8.64. The minimum Gasteiger partial charge on any atom is -0.508 e. The molecule has 2 atom stereocenters. The van der Waals surface area contributed by atoms with Gasteiger partial charge in [0.1, 0.15) is 11.5 Å². The number of aryl methyl sites for hydroxylation is 1. The third-order valence-electron chi connectivity index (χ3n) is 6.23. The smallest absolute Gasteiger partial charge is 0.237 e. The summed E-state index contributed by atoms with van der Waals surface area (Å²) in [7, 11) is 1.66. The number of phenolic OH excluding ortho intramolecular Hbond substituents is 1. The van der Waals surface area contributed by atoms with E-state index in [1.54, 1.807) is 19.2 Å². The molecule has 0 saturated carbocycles. The van der Waals surface area contributed by atoms with E-state index in [4.69, 9.17) is 10.5 Å². The molecule has 0 bridgehead atoms. The molecule has 1 heterocycles. The number of fused-ring (bicyclic) bond motifs is 1. The lowest BCUT2D eigenvalue weighted by molar-refractivity contribution is -0.123. The number of hydrogen-bond donors (Lipinski definition) is 4. The van der Waals surface area contributed by atoms with Crippen LogP contribution in [0.1, 0.15) is 40.3 Å². The average molecular weight is 446 g/mol. The lowest BCUT2D eigenvalue weighted by Gasteiger charge is -2.29. The number of benzene rings is 3. The Morgan fingerprint density at radius 1 is 1.15 bits per heavy atom. The fourth-order valence-corrected chi connectivity index (χ4v) is 4.32. The molecule has 5 N–H and O–H groups in total. The molecule has 6 heteroatoms. The summed E-state index contributed by atoms with van der Waals surface area (Å²) in [6.07, 6.45) is 2.03. The number of ether oxygens (including phenoxy) is 1. The maximum absolute atomic E-state index is 12.9. The van der Waals surface area contributed by atoms with Crippen LogP contribution in [0.5, 0.6) is 11.5 Å². The standard InChI is InChI=1S/C27H31N3O3/c1-17-13-21(31)7-6-20(17)16-24(28)27(32)30-26-11-12-29-25-10-5-19(15-23(25)26)14-18-3-8-22(33-2)9-4-18/h3-10,13,15,24,26,29,31H,11-12,14,16,28H2,1-2H3,(H,30,32)/t24-,26+/m0/s1. The van der Waals surface area contributed by atoms with E-state index in [0.717, 1.165) is 47.5 Å². The average Bonchev–Trinajstić information content (AvgIpc) is 2.81. The molecule has 4 rings (SSSR count). The highest BCUT2D eigenvalue weighted by Crippen LogP contribution is 2.31. The third kappa shape index (κ3) is 5.46. The van der Waals surface area contributed by atoms with E-state index in [2.05, 4.69) is 41.0 Å². The van der Waals surface area contributed by atoms with E-state index < -0.39 is 6.04 Å². The predicted octanol–water partition coefficient (Wildman–Crippen LogP) is 3.84. The Kier molecular flexibility index (Phi) is 6.84. The van der Waals surface area contributed by atoms with Crippen LogP contribution in [0.3, 0.4) is 0 Å². The van der Waals surface area contributed by atoms with Crippen molar-refractivity contribution in [3.05, 3.63) is 88.5 Å². The number of methoxy groups -OCH3 is 1. The van der Waals surface area contributed by atoms with Gasteiger partial charge in [-0.25, -0.2) is 0 Å². The van der Waals surface area contributed by atoms with Gasteiger partial charge in [-0.05, 0) is 84.3 Å². The summed E-state index contributed by atoms with van der Waals surface area (Å²) in [5, 5.41) is 16.2. The number of carbonyl (C=O) groups is 1. The highest BCUT2D eigenvalue weighted by atomic mass is 16.5. The zero-order chi connectivity index (χ0) is 23.4. The fourth-order valence-electron chi connectivity index (χ4n) is 4.32. The summed E-state index contributed by atoms with van der Waals surface area (Å²) in [6.45, 7) is 2.70. The molecule has 0 aromatic heterocycles. The number of phenols is 1. The Hall–Kier alpha value is -3.51. The summed E-state index contributed by atoms with van der Waals surface area (Å²) in [5.74, 6) is 0.891. The van der Waals surface area contributed by atoms with Crippen LogP contribution in [0.25, 0.3) is 0 Å². The maximum atomic E-state index is 12.9. The number of aromatic hydroxyl groups is 1. The second kappa shape index (κ2) is 9.96. The first-order chi connectivity index (χ1) is 15.9. The number of nitrogens with two attached hydrogens (primary N) is 1. The number of hydrogen-bond acceptors (Lipinski definition) is 5. The number of nitrogens with one attached hydrogen (secondary N) is 2. The topological polar surface area (TPSA) is 96.6 Å². The number of rotatable bonds is 7. The van der Waals surface area contributed by atoms with Gasteiger partial charge in [0.05, 0.1) is 19.2 Å². The molecule has 0 saturated heterocycles. The summed E-state index contributed by atoms with van der Waals surface area (Å²) in [6, 6.07) is 18.9. The molecular weight excluding hydrogens is 414 g/mol. The summed E-state index contributed by atoms with van der Waals surface area (Å²) >= 11 is 0. The Morgan fingerprint density at radius 3 is 2.64 bits per heavy atom. The van der Waals surface area contributed by atoms with E-state index in [1.165, 1.54) is 11.1 Å². The molecule has 172 valence electrons. The van der Waals surface area contributed by atoms with Crippen LogP contribution >= 0.6 is 0 Å². The Balaban J connectivity index is 1.45. The van der Waals surface area contributed by atoms with Gasteiger partial charge in [0.2, 0.25) is 5.91 Å². The van der Waals surface area contributed by atoms with Crippen LogP contribution in [0, 0.1) is 6.92 Å². The van der Waals surface area contributed by atoms with Gasteiger partial charge in [-0.2, -0.15) is 0 Å². The van der Waals surface area contributed by atoms with Gasteiger partial charge >= 0.3 is 0 Å². The van der Waals surface area contributed by atoms with Crippen LogP contribution in [0.2, 0.25) is 0 Å². The van der Waals surface area contributed by atoms with Crippen molar-refractivity contribution in [2.75, 3.05) is 19.0 Å². The van der Waals surface area contributed by atoms with E-state index in [-0.39, 0.29) is 17.7 Å². The Bertz CT molecular complexity index is 1130. The first-order valence-corrected chi connectivity index (χ1v) is 11.3. The van der Waals surface area contributed by atoms with Crippen molar-refractivity contribution in [3.8, 4) is 11.5 Å². The van der Waals surface area contributed by atoms with Gasteiger partial charge in [0.15, 0.2) is 0 Å². The molecule has 3 aromatic rings. The molecule has 1 aliphatic rings. The Labute approximate surface area is 194 Å². The molecule has 1 amide bonds. The van der Waals surface area contributed by atoms with Gasteiger partial charge in [0.25, 0.3) is 0 Å². The van der Waals surface area contributed by atoms with Gasteiger partial charge in [-0.1, -0.05) is 30.3 Å². The summed E-state index contributed by atoms with van der Waals surface area (Å²) in [5.41, 5.74) is 12.7. The van der Waals surface area contributed by atoms with Gasteiger partial charge in [-0.15, -0.1) is 0 Å². The molecule has 0 unspecified atom stereocenters. The summed E-state index contributed by atoms with van der Waals surface area (Å²) in [4.78, 5) is 12.9. The SMILES string of the molecule is COc1ccc(Cc2ccc3c(c2)[C@H](NC(=O)[C@@H](N)Cc2ccc(O)cc2C)CCN3)cc1. The lowest BCUT2D eigenvalue weighted by atomic mass is 9.93. The van der Waals surface area contributed by atoms with Gasteiger partial charge in [-0.3, -0.25) is 4.79 Å². The molecule has 0 spiro atoms. The minimum absolute atomic E-state index is 0.0865. The van der Waals surface area contributed by atoms with Gasteiger partial charge in [0, 0.05) is 12.2 Å². The van der Waals surface area contributed by atoms with Crippen molar-refractivity contribution in [3.63, 3.8) is 0 Å². The third-order valence-corrected chi connectivity index (χ3v) is 6.23. The van der Waals surface area contributed by atoms with Crippen LogP contribution in [0.15, 0.2) is 60.7 Å². The van der Waals surface area contributed by atoms with E-state index in [9.17, 15) is 9.90 Å². The highest BCUT2D eigenvalue weighted by Gasteiger charge is 2.25. The van der Waals surface area contributed by atoms with E-state index in [1.807, 2.05) is 25.1 Å². The quantitative estimate of drug-likeness (QED) is 0.443. The maximum Gasteiger partial charge on any atom is 0.237 e. The van der Waals surface area contributed by atoms with Crippen molar-refractivity contribution in [1.82, 2.24) is 5.32 Å². The molecule has 33 heavy (non-hydrogen) atoms. The Morgan fingerprint density at radius 2 is 1.91 bits per heavy atom. The van der Waals surface area contributed by atoms with Crippen molar-refractivity contribution < 1.29 is 14.6 Å². The monoisotopic (exact) mass is 445 g/mol.